The molecule has 3 fully saturated rings. The van der Waals surface area contributed by atoms with E-state index in [0.717, 1.165) is 12.8 Å². The number of nitriles is 1. The van der Waals surface area contributed by atoms with Crippen LogP contribution in [0.1, 0.15) is 72.1 Å². The van der Waals surface area contributed by atoms with Gasteiger partial charge >= 0.3 is 12.1 Å². The second kappa shape index (κ2) is 9.39. The maximum atomic E-state index is 17.5. The molecule has 1 N–H and O–H groups in total. The normalized spacial score (nSPS) is 43.3. The second-order valence-electron chi connectivity index (χ2n) is 12.4. The minimum Gasteiger partial charge on any atom is -0.447 e. The van der Waals surface area contributed by atoms with Gasteiger partial charge in [-0.15, -0.1) is 0 Å². The van der Waals surface area contributed by atoms with Gasteiger partial charge in [0, 0.05) is 35.5 Å². The van der Waals surface area contributed by atoms with Crippen molar-refractivity contribution in [1.29, 1.82) is 5.26 Å². The van der Waals surface area contributed by atoms with Crippen LogP contribution in [0.2, 0.25) is 0 Å². The van der Waals surface area contributed by atoms with E-state index in [2.05, 4.69) is 0 Å². The molecule has 212 valence electrons. The lowest BCUT2D eigenvalue weighted by Gasteiger charge is -2.62. The van der Waals surface area contributed by atoms with Crippen molar-refractivity contribution < 1.29 is 42.5 Å². The Labute approximate surface area is 226 Å². The number of nitrogens with zero attached hydrogens (tertiary/aromatic N) is 1. The van der Waals surface area contributed by atoms with Gasteiger partial charge in [-0.2, -0.15) is 5.26 Å². The fourth-order valence-corrected chi connectivity index (χ4v) is 8.69. The zero-order valence-corrected chi connectivity index (χ0v) is 22.5. The number of esters is 1. The van der Waals surface area contributed by atoms with Gasteiger partial charge in [-0.1, -0.05) is 19.9 Å². The summed E-state index contributed by atoms with van der Waals surface area (Å²) in [6.07, 6.45) is 1.91. The molecular weight excluding hydrogens is 512 g/mol. The molecule has 0 aromatic heterocycles. The number of carbonyl (C=O) groups is 3. The molecule has 0 aliphatic heterocycles. The Hall–Kier alpha value is -2.80. The van der Waals surface area contributed by atoms with Gasteiger partial charge in [0.2, 0.25) is 5.60 Å². The van der Waals surface area contributed by atoms with Crippen molar-refractivity contribution in [3.05, 3.63) is 23.6 Å². The van der Waals surface area contributed by atoms with Gasteiger partial charge in [0.25, 0.3) is 0 Å². The summed E-state index contributed by atoms with van der Waals surface area (Å²) in [6, 6.07) is 1.74. The summed E-state index contributed by atoms with van der Waals surface area (Å²) in [5.41, 5.74) is -7.22. The highest BCUT2D eigenvalue weighted by atomic mass is 19.1. The monoisotopic (exact) mass is 547 g/mol. The molecule has 0 aromatic carbocycles. The number of carbonyl (C=O) groups excluding carboxylic acids is 3. The van der Waals surface area contributed by atoms with E-state index in [1.165, 1.54) is 19.1 Å². The first-order valence-electron chi connectivity index (χ1n) is 13.8. The van der Waals surface area contributed by atoms with Crippen LogP contribution in [0.4, 0.5) is 13.6 Å². The fraction of sp³-hybridized carbons (Fsp3) is 0.724. The van der Waals surface area contributed by atoms with Gasteiger partial charge in [-0.05, 0) is 63.0 Å². The molecule has 39 heavy (non-hydrogen) atoms. The molecule has 5 aliphatic rings. The van der Waals surface area contributed by atoms with Gasteiger partial charge < -0.3 is 19.3 Å². The summed E-state index contributed by atoms with van der Waals surface area (Å²) >= 11 is 0. The molecule has 0 radical (unpaired) electrons. The fourth-order valence-electron chi connectivity index (χ4n) is 8.69. The molecule has 8 nitrogen and oxygen atoms in total. The first-order chi connectivity index (χ1) is 18.3. The van der Waals surface area contributed by atoms with Crippen LogP contribution in [0.15, 0.2) is 23.6 Å². The number of allylic oxidation sites excluding steroid dienone is 4. The van der Waals surface area contributed by atoms with Crippen molar-refractivity contribution >= 4 is 17.9 Å². The van der Waals surface area contributed by atoms with Crippen LogP contribution in [0.5, 0.6) is 0 Å². The Bertz CT molecular complexity index is 1190. The standard InChI is InChI=1S/C29H35F2NO7/c1-16-12-19-20-14-22(30)21-13-17(33)8-9-26(21,2)28(20,31)23(34)15-27(19,3)29(16,24(35)37-11-10-32)39-25(36)38-18-6-4-5-7-18/h8-9,16,18-20,23,34H,4-7,11-15H2,1-3H3/t16-,19+,20+,23+,26+,27+,28+,29+/m1/s1. The lowest BCUT2D eigenvalue weighted by molar-refractivity contribution is -0.228. The van der Waals surface area contributed by atoms with E-state index >= 15 is 8.78 Å². The molecule has 0 saturated heterocycles. The van der Waals surface area contributed by atoms with Crippen molar-refractivity contribution in [3.63, 3.8) is 0 Å². The smallest absolute Gasteiger partial charge is 0.447 e. The van der Waals surface area contributed by atoms with Gasteiger partial charge in [-0.3, -0.25) is 4.79 Å². The maximum Gasteiger partial charge on any atom is 0.509 e. The molecule has 0 bridgehead atoms. The highest BCUT2D eigenvalue weighted by molar-refractivity contribution is 5.93. The zero-order chi connectivity index (χ0) is 28.4. The van der Waals surface area contributed by atoms with E-state index in [9.17, 15) is 19.5 Å². The molecular formula is C29H35F2NO7. The van der Waals surface area contributed by atoms with Crippen LogP contribution < -0.4 is 0 Å². The minimum atomic E-state index is -2.34. The first-order valence-corrected chi connectivity index (χ1v) is 13.8. The van der Waals surface area contributed by atoms with E-state index in [1.54, 1.807) is 19.9 Å². The topological polar surface area (TPSA) is 123 Å². The third-order valence-corrected chi connectivity index (χ3v) is 10.6. The Morgan fingerprint density at radius 3 is 2.59 bits per heavy atom. The number of aliphatic hydroxyl groups is 1. The Morgan fingerprint density at radius 2 is 1.92 bits per heavy atom. The molecule has 5 rings (SSSR count). The molecule has 0 unspecified atom stereocenters. The molecule has 3 saturated carbocycles. The number of ether oxygens (including phenoxy) is 3. The molecule has 0 amide bonds. The lowest BCUT2D eigenvalue weighted by Crippen LogP contribution is -2.70. The second-order valence-corrected chi connectivity index (χ2v) is 12.4. The van der Waals surface area contributed by atoms with E-state index in [1.807, 2.05) is 0 Å². The quantitative estimate of drug-likeness (QED) is 0.498. The van der Waals surface area contributed by atoms with Crippen molar-refractivity contribution in [2.24, 2.45) is 28.6 Å². The van der Waals surface area contributed by atoms with Gasteiger partial charge in [-0.25, -0.2) is 18.4 Å². The summed E-state index contributed by atoms with van der Waals surface area (Å²) in [4.78, 5) is 38.9. The number of hydrogen-bond donors (Lipinski definition) is 1. The van der Waals surface area contributed by atoms with Gasteiger partial charge in [0.05, 0.1) is 6.10 Å². The van der Waals surface area contributed by atoms with E-state index < -0.39 is 70.5 Å². The summed E-state index contributed by atoms with van der Waals surface area (Å²) in [5.74, 6) is -4.40. The van der Waals surface area contributed by atoms with Crippen molar-refractivity contribution in [2.45, 2.75) is 95.6 Å². The predicted molar refractivity (Wildman–Crippen MR) is 132 cm³/mol. The third kappa shape index (κ3) is 3.71. The minimum absolute atomic E-state index is 0.0403. The van der Waals surface area contributed by atoms with Crippen LogP contribution in [0.25, 0.3) is 0 Å². The first kappa shape index (κ1) is 27.8. The summed E-state index contributed by atoms with van der Waals surface area (Å²) in [5, 5.41) is 20.6. The Kier molecular flexibility index (Phi) is 6.69. The number of halogens is 2. The number of fused-ring (bicyclic) bond motifs is 5. The number of rotatable bonds is 4. The van der Waals surface area contributed by atoms with Crippen LogP contribution in [-0.2, 0) is 23.8 Å². The van der Waals surface area contributed by atoms with Gasteiger partial charge in [0.15, 0.2) is 18.1 Å². The number of aliphatic hydroxyl groups excluding tert-OH is 1. The summed E-state index contributed by atoms with van der Waals surface area (Å²) in [7, 11) is 0. The molecule has 0 spiro atoms. The molecule has 0 heterocycles. The third-order valence-electron chi connectivity index (χ3n) is 10.6. The predicted octanol–water partition coefficient (Wildman–Crippen LogP) is 4.80. The highest BCUT2D eigenvalue weighted by Gasteiger charge is 2.78. The van der Waals surface area contributed by atoms with Crippen molar-refractivity contribution in [1.82, 2.24) is 0 Å². The van der Waals surface area contributed by atoms with Crippen molar-refractivity contribution in [3.8, 4) is 6.07 Å². The lowest BCUT2D eigenvalue weighted by atomic mass is 9.45. The number of ketones is 1. The zero-order valence-electron chi connectivity index (χ0n) is 22.5. The van der Waals surface area contributed by atoms with Crippen LogP contribution in [0, 0.1) is 39.9 Å². The largest absolute Gasteiger partial charge is 0.509 e. The Balaban J connectivity index is 1.58. The SMILES string of the molecule is C[C@@H]1C[C@H]2[C@@H]3CC(F)=C4CC(=O)C=C[C@]4(C)[C@@]3(F)[C@@H](O)C[C@]2(C)[C@@]1(OC(=O)OC1CCCC1)C(=O)OCC#N. The van der Waals surface area contributed by atoms with Crippen LogP contribution in [0.3, 0.4) is 0 Å². The molecule has 10 heteroatoms. The molecule has 0 aromatic rings. The van der Waals surface area contributed by atoms with Crippen LogP contribution in [-0.4, -0.2) is 53.1 Å². The molecule has 5 aliphatic carbocycles. The van der Waals surface area contributed by atoms with Gasteiger partial charge in [0.1, 0.15) is 18.0 Å². The number of hydrogen-bond acceptors (Lipinski definition) is 8. The molecule has 8 atom stereocenters. The summed E-state index contributed by atoms with van der Waals surface area (Å²) in [6.45, 7) is 4.23. The average Bonchev–Trinajstić information content (AvgIpc) is 3.46. The Morgan fingerprint density at radius 1 is 1.23 bits per heavy atom. The number of alkyl halides is 1. The maximum absolute atomic E-state index is 17.5. The van der Waals surface area contributed by atoms with Crippen LogP contribution >= 0.6 is 0 Å². The van der Waals surface area contributed by atoms with E-state index in [-0.39, 0.29) is 43.1 Å². The average molecular weight is 548 g/mol. The summed E-state index contributed by atoms with van der Waals surface area (Å²) < 4.78 is 49.7. The van der Waals surface area contributed by atoms with E-state index in [4.69, 9.17) is 19.5 Å². The van der Waals surface area contributed by atoms with E-state index in [0.29, 0.717) is 12.8 Å². The highest BCUT2D eigenvalue weighted by Crippen LogP contribution is 2.71. The van der Waals surface area contributed by atoms with Crippen molar-refractivity contribution in [2.75, 3.05) is 6.61 Å².